The van der Waals surface area contributed by atoms with Gasteiger partial charge in [0.05, 0.1) is 12.0 Å². The van der Waals surface area contributed by atoms with Crippen LogP contribution in [0.5, 0.6) is 0 Å². The Morgan fingerprint density at radius 3 is 2.55 bits per heavy atom. The molecule has 22 heavy (non-hydrogen) atoms. The average molecular weight is 309 g/mol. The van der Waals surface area contributed by atoms with Crippen LogP contribution in [-0.4, -0.2) is 40.9 Å². The Hall–Kier alpha value is -2.48. The van der Waals surface area contributed by atoms with E-state index in [0.29, 0.717) is 5.56 Å². The summed E-state index contributed by atoms with van der Waals surface area (Å²) in [5.41, 5.74) is 5.82. The van der Waals surface area contributed by atoms with E-state index in [4.69, 9.17) is 10.9 Å². The molecule has 1 aromatic rings. The normalized spacial score (nSPS) is 21.0. The van der Waals surface area contributed by atoms with E-state index in [0.717, 1.165) is 0 Å². The highest BCUT2D eigenvalue weighted by atomic mass is 19.1. The number of benzene rings is 1. The number of carbonyl (C=O) groups excluding carboxylic acids is 3. The number of hydrogen-bond donors (Lipinski definition) is 3. The number of likely N-dealkylation sites (tertiary alicyclic amines) is 1. The van der Waals surface area contributed by atoms with Gasteiger partial charge in [0.2, 0.25) is 17.7 Å². The maximum absolute atomic E-state index is 13.1. The standard InChI is InChI=1S/C14H16FN3O4/c15-10-3-1-9(2-4-10)14(7-12(20)17-22)5-6-18(13(14)21)8-11(16)19/h1-4,22H,5-8H2,(H2,16,19)(H,17,20). The number of nitrogens with one attached hydrogen (secondary N) is 1. The van der Waals surface area contributed by atoms with Crippen LogP contribution >= 0.6 is 0 Å². The van der Waals surface area contributed by atoms with E-state index >= 15 is 0 Å². The molecule has 0 bridgehead atoms. The summed E-state index contributed by atoms with van der Waals surface area (Å²) in [5.74, 6) is -2.31. The zero-order chi connectivity index (χ0) is 16.3. The van der Waals surface area contributed by atoms with E-state index < -0.39 is 29.0 Å². The summed E-state index contributed by atoms with van der Waals surface area (Å²) in [6, 6.07) is 5.23. The van der Waals surface area contributed by atoms with Crippen molar-refractivity contribution in [3.05, 3.63) is 35.6 Å². The summed E-state index contributed by atoms with van der Waals surface area (Å²) in [4.78, 5) is 36.5. The Balaban J connectivity index is 2.39. The van der Waals surface area contributed by atoms with Crippen molar-refractivity contribution < 1.29 is 24.0 Å². The third-order valence-electron chi connectivity index (χ3n) is 3.84. The first kappa shape index (κ1) is 15.9. The highest BCUT2D eigenvalue weighted by Crippen LogP contribution is 2.39. The van der Waals surface area contributed by atoms with Gasteiger partial charge in [0.15, 0.2) is 0 Å². The lowest BCUT2D eigenvalue weighted by molar-refractivity contribution is -0.139. The fourth-order valence-electron chi connectivity index (χ4n) is 2.79. The zero-order valence-corrected chi connectivity index (χ0v) is 11.7. The minimum Gasteiger partial charge on any atom is -0.368 e. The molecule has 0 radical (unpaired) electrons. The van der Waals surface area contributed by atoms with Gasteiger partial charge in [-0.15, -0.1) is 0 Å². The third kappa shape index (κ3) is 2.91. The first-order valence-corrected chi connectivity index (χ1v) is 6.66. The number of nitrogens with two attached hydrogens (primary N) is 1. The molecule has 118 valence electrons. The monoisotopic (exact) mass is 309 g/mol. The van der Waals surface area contributed by atoms with Crippen LogP contribution in [0.2, 0.25) is 0 Å². The molecule has 0 saturated carbocycles. The number of hydrogen-bond acceptors (Lipinski definition) is 4. The summed E-state index contributed by atoms with van der Waals surface area (Å²) in [7, 11) is 0. The van der Waals surface area contributed by atoms with Gasteiger partial charge < -0.3 is 10.6 Å². The average Bonchev–Trinajstić information content (AvgIpc) is 2.77. The van der Waals surface area contributed by atoms with Crippen molar-refractivity contribution in [2.24, 2.45) is 5.73 Å². The number of hydroxylamine groups is 1. The molecule has 0 spiro atoms. The molecule has 0 aliphatic carbocycles. The third-order valence-corrected chi connectivity index (χ3v) is 3.84. The van der Waals surface area contributed by atoms with Crippen LogP contribution in [-0.2, 0) is 19.8 Å². The van der Waals surface area contributed by atoms with Crippen molar-refractivity contribution in [3.63, 3.8) is 0 Å². The van der Waals surface area contributed by atoms with Crippen LogP contribution in [0, 0.1) is 5.82 Å². The molecule has 1 saturated heterocycles. The summed E-state index contributed by atoms with van der Waals surface area (Å²) in [5, 5.41) is 8.74. The van der Waals surface area contributed by atoms with Gasteiger partial charge >= 0.3 is 0 Å². The van der Waals surface area contributed by atoms with Gasteiger partial charge in [0.1, 0.15) is 5.82 Å². The Kier molecular flexibility index (Phi) is 4.41. The first-order chi connectivity index (χ1) is 10.4. The van der Waals surface area contributed by atoms with Crippen molar-refractivity contribution in [2.75, 3.05) is 13.1 Å². The molecular weight excluding hydrogens is 293 g/mol. The van der Waals surface area contributed by atoms with Gasteiger partial charge in [-0.3, -0.25) is 19.6 Å². The molecule has 1 unspecified atom stereocenters. The van der Waals surface area contributed by atoms with Gasteiger partial charge in [0.25, 0.3) is 0 Å². The van der Waals surface area contributed by atoms with Crippen LogP contribution in [0.3, 0.4) is 0 Å². The Bertz CT molecular complexity index is 605. The molecule has 3 amide bonds. The maximum atomic E-state index is 13.1. The summed E-state index contributed by atoms with van der Waals surface area (Å²) in [6.07, 6.45) is -0.0403. The predicted molar refractivity (Wildman–Crippen MR) is 73.0 cm³/mol. The highest BCUT2D eigenvalue weighted by Gasteiger charge is 2.49. The predicted octanol–water partition coefficient (Wildman–Crippen LogP) is -0.323. The van der Waals surface area contributed by atoms with Gasteiger partial charge in [0, 0.05) is 13.0 Å². The van der Waals surface area contributed by atoms with Crippen LogP contribution in [0.4, 0.5) is 4.39 Å². The fraction of sp³-hybridized carbons (Fsp3) is 0.357. The maximum Gasteiger partial charge on any atom is 0.244 e. The van der Waals surface area contributed by atoms with Gasteiger partial charge in [-0.05, 0) is 24.1 Å². The molecular formula is C14H16FN3O4. The summed E-state index contributed by atoms with van der Waals surface area (Å²) < 4.78 is 13.1. The van der Waals surface area contributed by atoms with E-state index in [1.807, 2.05) is 0 Å². The fourth-order valence-corrected chi connectivity index (χ4v) is 2.79. The number of primary amides is 1. The first-order valence-electron chi connectivity index (χ1n) is 6.66. The Labute approximate surface area is 125 Å². The lowest BCUT2D eigenvalue weighted by atomic mass is 9.76. The lowest BCUT2D eigenvalue weighted by Gasteiger charge is -2.27. The van der Waals surface area contributed by atoms with Crippen LogP contribution in [0.1, 0.15) is 18.4 Å². The number of nitrogens with zero attached hydrogens (tertiary/aromatic N) is 1. The number of halogens is 1. The van der Waals surface area contributed by atoms with Crippen molar-refractivity contribution in [1.29, 1.82) is 0 Å². The molecule has 4 N–H and O–H groups in total. The van der Waals surface area contributed by atoms with Crippen molar-refractivity contribution in [3.8, 4) is 0 Å². The number of amides is 3. The topological polar surface area (TPSA) is 113 Å². The second-order valence-electron chi connectivity index (χ2n) is 5.24. The van der Waals surface area contributed by atoms with Crippen molar-refractivity contribution in [1.82, 2.24) is 10.4 Å². The molecule has 8 heteroatoms. The van der Waals surface area contributed by atoms with Gasteiger partial charge in [-0.2, -0.15) is 0 Å². The van der Waals surface area contributed by atoms with Crippen LogP contribution in [0.15, 0.2) is 24.3 Å². The van der Waals surface area contributed by atoms with E-state index in [9.17, 15) is 18.8 Å². The Morgan fingerprint density at radius 1 is 1.36 bits per heavy atom. The van der Waals surface area contributed by atoms with Crippen LogP contribution in [0.25, 0.3) is 0 Å². The number of carbonyl (C=O) groups is 3. The van der Waals surface area contributed by atoms with Gasteiger partial charge in [-0.25, -0.2) is 9.87 Å². The minimum atomic E-state index is -1.24. The van der Waals surface area contributed by atoms with Crippen LogP contribution < -0.4 is 11.2 Å². The van der Waals surface area contributed by atoms with Crippen molar-refractivity contribution >= 4 is 17.7 Å². The van der Waals surface area contributed by atoms with Gasteiger partial charge in [-0.1, -0.05) is 12.1 Å². The number of rotatable bonds is 5. The second-order valence-corrected chi connectivity index (χ2v) is 5.24. The van der Waals surface area contributed by atoms with E-state index in [2.05, 4.69) is 0 Å². The molecule has 2 rings (SSSR count). The molecule has 0 aromatic heterocycles. The van der Waals surface area contributed by atoms with E-state index in [-0.39, 0.29) is 25.9 Å². The molecule has 1 aliphatic heterocycles. The molecule has 1 atom stereocenters. The molecule has 1 heterocycles. The second kappa shape index (κ2) is 6.10. The molecule has 1 fully saturated rings. The summed E-state index contributed by atoms with van der Waals surface area (Å²) >= 11 is 0. The molecule has 7 nitrogen and oxygen atoms in total. The molecule has 1 aliphatic rings. The minimum absolute atomic E-state index is 0.247. The highest BCUT2D eigenvalue weighted by molar-refractivity contribution is 5.96. The Morgan fingerprint density at radius 2 is 2.00 bits per heavy atom. The SMILES string of the molecule is NC(=O)CN1CCC(CC(=O)NO)(c2ccc(F)cc2)C1=O. The lowest BCUT2D eigenvalue weighted by Crippen LogP contribution is -2.43. The quantitative estimate of drug-likeness (QED) is 0.511. The van der Waals surface area contributed by atoms with E-state index in [1.165, 1.54) is 34.6 Å². The largest absolute Gasteiger partial charge is 0.368 e. The van der Waals surface area contributed by atoms with Crippen molar-refractivity contribution in [2.45, 2.75) is 18.3 Å². The molecule has 1 aromatic carbocycles. The zero-order valence-electron chi connectivity index (χ0n) is 11.7. The van der Waals surface area contributed by atoms with E-state index in [1.54, 1.807) is 0 Å². The summed E-state index contributed by atoms with van der Waals surface area (Å²) in [6.45, 7) is 0.000377. The smallest absolute Gasteiger partial charge is 0.244 e.